The largest absolute Gasteiger partial charge is 0.472 e. The summed E-state index contributed by atoms with van der Waals surface area (Å²) in [5.74, 6) is 0.977. The Morgan fingerprint density at radius 3 is 2.88 bits per heavy atom. The second-order valence-corrected chi connectivity index (χ2v) is 6.99. The molecule has 2 amide bonds. The average molecular weight is 344 g/mol. The van der Waals surface area contributed by atoms with Crippen LogP contribution in [0.5, 0.6) is 0 Å². The van der Waals surface area contributed by atoms with Crippen molar-refractivity contribution in [1.82, 2.24) is 4.90 Å². The van der Waals surface area contributed by atoms with Gasteiger partial charge in [0.2, 0.25) is 11.8 Å². The molecule has 6 heteroatoms. The van der Waals surface area contributed by atoms with Gasteiger partial charge in [0.05, 0.1) is 24.8 Å². The van der Waals surface area contributed by atoms with Crippen molar-refractivity contribution in [2.45, 2.75) is 26.3 Å². The molecule has 3 rings (SSSR count). The third-order valence-corrected chi connectivity index (χ3v) is 5.09. The van der Waals surface area contributed by atoms with Crippen LogP contribution in [-0.2, 0) is 16.0 Å². The Balaban J connectivity index is 1.68. The number of carbonyl (C=O) groups excluding carboxylic acids is 2. The van der Waals surface area contributed by atoms with Crippen molar-refractivity contribution in [2.24, 2.45) is 0 Å². The fraction of sp³-hybridized carbons (Fsp3) is 0.333. The SMILES string of the molecule is Cc1ccc(NC(=O)C2CSCN2C(=O)Cc2ccoc2)c(C)c1. The predicted molar refractivity (Wildman–Crippen MR) is 94.9 cm³/mol. The zero-order valence-electron chi connectivity index (χ0n) is 13.7. The number of aryl methyl sites for hydroxylation is 2. The van der Waals surface area contributed by atoms with Crippen molar-refractivity contribution >= 4 is 29.3 Å². The van der Waals surface area contributed by atoms with Gasteiger partial charge < -0.3 is 14.6 Å². The number of benzene rings is 1. The summed E-state index contributed by atoms with van der Waals surface area (Å²) in [4.78, 5) is 26.8. The van der Waals surface area contributed by atoms with Crippen molar-refractivity contribution in [2.75, 3.05) is 16.9 Å². The van der Waals surface area contributed by atoms with E-state index in [1.165, 1.54) is 0 Å². The number of hydrogen-bond acceptors (Lipinski definition) is 4. The van der Waals surface area contributed by atoms with Crippen LogP contribution in [0, 0.1) is 13.8 Å². The predicted octanol–water partition coefficient (Wildman–Crippen LogP) is 2.98. The molecule has 2 heterocycles. The first-order valence-corrected chi connectivity index (χ1v) is 8.96. The number of anilines is 1. The van der Waals surface area contributed by atoms with Crippen LogP contribution in [0.3, 0.4) is 0 Å². The van der Waals surface area contributed by atoms with E-state index in [-0.39, 0.29) is 18.2 Å². The van der Waals surface area contributed by atoms with Crippen molar-refractivity contribution in [3.05, 3.63) is 53.5 Å². The zero-order chi connectivity index (χ0) is 17.1. The smallest absolute Gasteiger partial charge is 0.248 e. The number of amides is 2. The number of hydrogen-bond donors (Lipinski definition) is 1. The van der Waals surface area contributed by atoms with Gasteiger partial charge in [-0.15, -0.1) is 11.8 Å². The number of nitrogens with zero attached hydrogens (tertiary/aromatic N) is 1. The molecule has 5 nitrogen and oxygen atoms in total. The van der Waals surface area contributed by atoms with Gasteiger partial charge in [-0.25, -0.2) is 0 Å². The van der Waals surface area contributed by atoms with Crippen LogP contribution in [0.25, 0.3) is 0 Å². The van der Waals surface area contributed by atoms with Gasteiger partial charge in [-0.3, -0.25) is 9.59 Å². The Labute approximate surface area is 145 Å². The topological polar surface area (TPSA) is 62.6 Å². The first-order valence-electron chi connectivity index (χ1n) is 7.81. The fourth-order valence-corrected chi connectivity index (χ4v) is 3.93. The molecule has 2 aromatic rings. The van der Waals surface area contributed by atoms with E-state index in [2.05, 4.69) is 5.32 Å². The van der Waals surface area contributed by atoms with Gasteiger partial charge in [0, 0.05) is 11.4 Å². The van der Waals surface area contributed by atoms with Crippen LogP contribution < -0.4 is 5.32 Å². The molecule has 0 saturated carbocycles. The summed E-state index contributed by atoms with van der Waals surface area (Å²) in [5.41, 5.74) is 3.79. The van der Waals surface area contributed by atoms with Gasteiger partial charge in [-0.2, -0.15) is 0 Å². The lowest BCUT2D eigenvalue weighted by Crippen LogP contribution is -2.45. The Bertz CT molecular complexity index is 743. The van der Waals surface area contributed by atoms with E-state index in [0.717, 1.165) is 22.4 Å². The number of rotatable bonds is 4. The van der Waals surface area contributed by atoms with Crippen molar-refractivity contribution in [3.8, 4) is 0 Å². The molecule has 1 unspecified atom stereocenters. The van der Waals surface area contributed by atoms with Crippen LogP contribution in [-0.4, -0.2) is 34.4 Å². The van der Waals surface area contributed by atoms with Gasteiger partial charge in [0.15, 0.2) is 0 Å². The molecule has 1 aromatic heterocycles. The summed E-state index contributed by atoms with van der Waals surface area (Å²) < 4.78 is 5.00. The van der Waals surface area contributed by atoms with Crippen LogP contribution in [0.4, 0.5) is 5.69 Å². The maximum absolute atomic E-state index is 12.6. The average Bonchev–Trinajstić information content (AvgIpc) is 3.20. The van der Waals surface area contributed by atoms with E-state index in [9.17, 15) is 9.59 Å². The molecule has 1 fully saturated rings. The second-order valence-electron chi connectivity index (χ2n) is 6.00. The minimum atomic E-state index is -0.435. The third kappa shape index (κ3) is 3.64. The third-order valence-electron chi connectivity index (χ3n) is 4.08. The minimum absolute atomic E-state index is 0.0535. The van der Waals surface area contributed by atoms with Crippen LogP contribution >= 0.6 is 11.8 Å². The van der Waals surface area contributed by atoms with Crippen LogP contribution in [0.2, 0.25) is 0 Å². The van der Waals surface area contributed by atoms with E-state index in [1.807, 2.05) is 32.0 Å². The number of nitrogens with one attached hydrogen (secondary N) is 1. The molecule has 1 aliphatic rings. The number of thioether (sulfide) groups is 1. The first-order chi connectivity index (χ1) is 11.5. The molecule has 0 aliphatic carbocycles. The molecule has 1 N–H and O–H groups in total. The summed E-state index contributed by atoms with van der Waals surface area (Å²) in [6, 6.07) is 7.23. The van der Waals surface area contributed by atoms with Gasteiger partial charge in [0.25, 0.3) is 0 Å². The zero-order valence-corrected chi connectivity index (χ0v) is 14.6. The molecule has 1 saturated heterocycles. The summed E-state index contributed by atoms with van der Waals surface area (Å²) in [5, 5.41) is 2.96. The van der Waals surface area contributed by atoms with Gasteiger partial charge in [0.1, 0.15) is 6.04 Å². The van der Waals surface area contributed by atoms with Crippen LogP contribution in [0.15, 0.2) is 41.2 Å². The molecule has 24 heavy (non-hydrogen) atoms. The summed E-state index contributed by atoms with van der Waals surface area (Å²) in [7, 11) is 0. The van der Waals surface area contributed by atoms with E-state index >= 15 is 0 Å². The van der Waals surface area contributed by atoms with Gasteiger partial charge in [-0.1, -0.05) is 17.7 Å². The first kappa shape index (κ1) is 16.6. The lowest BCUT2D eigenvalue weighted by Gasteiger charge is -2.23. The molecule has 1 atom stereocenters. The molecule has 126 valence electrons. The number of carbonyl (C=O) groups is 2. The summed E-state index contributed by atoms with van der Waals surface area (Å²) >= 11 is 1.60. The maximum atomic E-state index is 12.6. The van der Waals surface area contributed by atoms with Crippen molar-refractivity contribution < 1.29 is 14.0 Å². The lowest BCUT2D eigenvalue weighted by atomic mass is 10.1. The highest BCUT2D eigenvalue weighted by Crippen LogP contribution is 2.24. The highest BCUT2D eigenvalue weighted by molar-refractivity contribution is 7.99. The monoisotopic (exact) mass is 344 g/mol. The minimum Gasteiger partial charge on any atom is -0.472 e. The Morgan fingerprint density at radius 1 is 1.33 bits per heavy atom. The number of furan rings is 1. The molecule has 1 aromatic carbocycles. The van der Waals surface area contributed by atoms with Gasteiger partial charge in [-0.05, 0) is 37.1 Å². The summed E-state index contributed by atoms with van der Waals surface area (Å²) in [6.45, 7) is 3.98. The quantitative estimate of drug-likeness (QED) is 0.926. The van der Waals surface area contributed by atoms with Crippen molar-refractivity contribution in [3.63, 3.8) is 0 Å². The molecule has 1 aliphatic heterocycles. The van der Waals surface area contributed by atoms with E-state index < -0.39 is 6.04 Å². The fourth-order valence-electron chi connectivity index (χ4n) is 2.74. The maximum Gasteiger partial charge on any atom is 0.248 e. The van der Waals surface area contributed by atoms with E-state index in [4.69, 9.17) is 4.42 Å². The van der Waals surface area contributed by atoms with Crippen molar-refractivity contribution in [1.29, 1.82) is 0 Å². The van der Waals surface area contributed by atoms with Crippen LogP contribution in [0.1, 0.15) is 16.7 Å². The Morgan fingerprint density at radius 2 is 2.17 bits per heavy atom. The highest BCUT2D eigenvalue weighted by Gasteiger charge is 2.34. The standard InChI is InChI=1S/C18H20N2O3S/c1-12-3-4-15(13(2)7-12)19-18(22)16-10-24-11-20(16)17(21)8-14-5-6-23-9-14/h3-7,9,16H,8,10-11H2,1-2H3,(H,19,22). The molecule has 0 radical (unpaired) electrons. The normalized spacial score (nSPS) is 17.1. The second kappa shape index (κ2) is 7.13. The Hall–Kier alpha value is -2.21. The van der Waals surface area contributed by atoms with Gasteiger partial charge >= 0.3 is 0 Å². The molecular weight excluding hydrogens is 324 g/mol. The molecule has 0 bridgehead atoms. The van der Waals surface area contributed by atoms with E-state index in [0.29, 0.717) is 11.6 Å². The molecular formula is C18H20N2O3S. The molecule has 0 spiro atoms. The van der Waals surface area contributed by atoms with E-state index in [1.54, 1.807) is 35.3 Å². The lowest BCUT2D eigenvalue weighted by molar-refractivity contribution is -0.135. The summed E-state index contributed by atoms with van der Waals surface area (Å²) in [6.07, 6.45) is 3.36. The highest BCUT2D eigenvalue weighted by atomic mass is 32.2. The Kier molecular flexibility index (Phi) is 4.94.